The maximum atomic E-state index is 10.9. The standard InChI is InChI=1S/C12H20O3/c13-12(14)6-11(10-7-15-8-10)9-4-2-1-3-5-9/h9-11H,1-8H2,(H,13,14). The van der Waals surface area contributed by atoms with Gasteiger partial charge >= 0.3 is 5.97 Å². The highest BCUT2D eigenvalue weighted by Gasteiger charge is 2.35. The van der Waals surface area contributed by atoms with Crippen molar-refractivity contribution >= 4 is 5.97 Å². The molecule has 3 nitrogen and oxygen atoms in total. The van der Waals surface area contributed by atoms with Crippen LogP contribution in [0.25, 0.3) is 0 Å². The van der Waals surface area contributed by atoms with Gasteiger partial charge in [-0.15, -0.1) is 0 Å². The number of carboxylic acid groups (broad SMARTS) is 1. The Hall–Kier alpha value is -0.570. The minimum absolute atomic E-state index is 0.346. The fourth-order valence-electron chi connectivity index (χ4n) is 2.98. The third-order valence-corrected chi connectivity index (χ3v) is 3.94. The molecule has 0 spiro atoms. The van der Waals surface area contributed by atoms with Gasteiger partial charge in [-0.25, -0.2) is 0 Å². The first-order chi connectivity index (χ1) is 7.27. The molecule has 0 aromatic carbocycles. The lowest BCUT2D eigenvalue weighted by Crippen LogP contribution is -2.39. The molecule has 0 aromatic heterocycles. The van der Waals surface area contributed by atoms with E-state index in [9.17, 15) is 4.79 Å². The van der Waals surface area contributed by atoms with E-state index in [-0.39, 0.29) is 0 Å². The summed E-state index contributed by atoms with van der Waals surface area (Å²) < 4.78 is 5.20. The van der Waals surface area contributed by atoms with E-state index in [1.165, 1.54) is 32.1 Å². The lowest BCUT2D eigenvalue weighted by molar-refractivity contribution is -0.142. The first-order valence-electron chi connectivity index (χ1n) is 6.07. The Kier molecular flexibility index (Phi) is 3.62. The largest absolute Gasteiger partial charge is 0.481 e. The molecule has 1 heterocycles. The van der Waals surface area contributed by atoms with Crippen LogP contribution < -0.4 is 0 Å². The third-order valence-electron chi connectivity index (χ3n) is 3.94. The van der Waals surface area contributed by atoms with Gasteiger partial charge in [0.1, 0.15) is 0 Å². The lowest BCUT2D eigenvalue weighted by Gasteiger charge is -2.39. The molecule has 2 fully saturated rings. The summed E-state index contributed by atoms with van der Waals surface area (Å²) in [4.78, 5) is 10.9. The van der Waals surface area contributed by atoms with Crippen LogP contribution in [0.2, 0.25) is 0 Å². The summed E-state index contributed by atoms with van der Waals surface area (Å²) in [6.07, 6.45) is 6.71. The molecule has 2 rings (SSSR count). The summed E-state index contributed by atoms with van der Waals surface area (Å²) in [5, 5.41) is 8.94. The van der Waals surface area contributed by atoms with Crippen molar-refractivity contribution in [3.05, 3.63) is 0 Å². The second-order valence-electron chi connectivity index (χ2n) is 4.96. The Bertz CT molecular complexity index is 217. The molecule has 3 heteroatoms. The SMILES string of the molecule is O=C(O)CC(C1CCCCC1)C1COC1. The average Bonchev–Trinajstić information content (AvgIpc) is 2.15. The van der Waals surface area contributed by atoms with Crippen LogP contribution in [0.15, 0.2) is 0 Å². The van der Waals surface area contributed by atoms with E-state index < -0.39 is 5.97 Å². The number of hydrogen-bond acceptors (Lipinski definition) is 2. The van der Waals surface area contributed by atoms with Crippen LogP contribution >= 0.6 is 0 Å². The van der Waals surface area contributed by atoms with Crippen LogP contribution in [-0.2, 0) is 9.53 Å². The summed E-state index contributed by atoms with van der Waals surface area (Å²) in [5.41, 5.74) is 0. The van der Waals surface area contributed by atoms with Crippen LogP contribution in [-0.4, -0.2) is 24.3 Å². The van der Waals surface area contributed by atoms with Gasteiger partial charge in [0, 0.05) is 12.3 Å². The van der Waals surface area contributed by atoms with Gasteiger partial charge in [-0.2, -0.15) is 0 Å². The highest BCUT2D eigenvalue weighted by atomic mass is 16.5. The zero-order valence-electron chi connectivity index (χ0n) is 9.15. The molecule has 86 valence electrons. The molecule has 1 atom stereocenters. The number of rotatable bonds is 4. The van der Waals surface area contributed by atoms with Crippen molar-refractivity contribution in [3.63, 3.8) is 0 Å². The highest BCUT2D eigenvalue weighted by molar-refractivity contribution is 5.67. The fraction of sp³-hybridized carbons (Fsp3) is 0.917. The van der Waals surface area contributed by atoms with E-state index in [1.54, 1.807) is 0 Å². The Morgan fingerprint density at radius 1 is 1.20 bits per heavy atom. The van der Waals surface area contributed by atoms with Crippen molar-refractivity contribution in [2.45, 2.75) is 38.5 Å². The minimum Gasteiger partial charge on any atom is -0.481 e. The molecule has 0 aromatic rings. The molecule has 0 radical (unpaired) electrons. The Balaban J connectivity index is 1.92. The minimum atomic E-state index is -0.641. The van der Waals surface area contributed by atoms with Crippen LogP contribution in [0.3, 0.4) is 0 Å². The molecule has 1 saturated carbocycles. The summed E-state index contributed by atoms with van der Waals surface area (Å²) in [6.45, 7) is 1.57. The van der Waals surface area contributed by atoms with Gasteiger partial charge in [0.15, 0.2) is 0 Å². The zero-order chi connectivity index (χ0) is 10.7. The van der Waals surface area contributed by atoms with E-state index >= 15 is 0 Å². The van der Waals surface area contributed by atoms with Crippen molar-refractivity contribution in [1.82, 2.24) is 0 Å². The number of aliphatic carboxylic acids is 1. The molecular formula is C12H20O3. The lowest BCUT2D eigenvalue weighted by atomic mass is 9.72. The molecule has 1 aliphatic carbocycles. The van der Waals surface area contributed by atoms with E-state index in [0.29, 0.717) is 24.2 Å². The molecule has 1 saturated heterocycles. The first kappa shape index (κ1) is 10.9. The topological polar surface area (TPSA) is 46.5 Å². The Labute approximate surface area is 90.8 Å². The second-order valence-corrected chi connectivity index (χ2v) is 4.96. The average molecular weight is 212 g/mol. The van der Waals surface area contributed by atoms with Crippen molar-refractivity contribution < 1.29 is 14.6 Å². The van der Waals surface area contributed by atoms with Gasteiger partial charge in [0.05, 0.1) is 13.2 Å². The van der Waals surface area contributed by atoms with Crippen molar-refractivity contribution in [2.24, 2.45) is 17.8 Å². The predicted octanol–water partition coefficient (Wildman–Crippen LogP) is 2.30. The molecule has 1 unspecified atom stereocenters. The number of carboxylic acids is 1. The number of hydrogen-bond donors (Lipinski definition) is 1. The fourth-order valence-corrected chi connectivity index (χ4v) is 2.98. The Morgan fingerprint density at radius 2 is 1.87 bits per heavy atom. The summed E-state index contributed by atoms with van der Waals surface area (Å²) in [7, 11) is 0. The number of carbonyl (C=O) groups is 1. The smallest absolute Gasteiger partial charge is 0.303 e. The van der Waals surface area contributed by atoms with Crippen LogP contribution in [0, 0.1) is 17.8 Å². The van der Waals surface area contributed by atoms with Gasteiger partial charge < -0.3 is 9.84 Å². The summed E-state index contributed by atoms with van der Waals surface area (Å²) in [5.74, 6) is 0.891. The maximum Gasteiger partial charge on any atom is 0.303 e. The van der Waals surface area contributed by atoms with Gasteiger partial charge in [0.25, 0.3) is 0 Å². The van der Waals surface area contributed by atoms with Gasteiger partial charge in [-0.1, -0.05) is 32.1 Å². The van der Waals surface area contributed by atoms with Crippen LogP contribution in [0.1, 0.15) is 38.5 Å². The first-order valence-corrected chi connectivity index (χ1v) is 6.07. The van der Waals surface area contributed by atoms with E-state index in [4.69, 9.17) is 9.84 Å². The van der Waals surface area contributed by atoms with Crippen molar-refractivity contribution in [2.75, 3.05) is 13.2 Å². The quantitative estimate of drug-likeness (QED) is 0.777. The van der Waals surface area contributed by atoms with Crippen molar-refractivity contribution in [3.8, 4) is 0 Å². The molecule has 0 amide bonds. The van der Waals surface area contributed by atoms with Gasteiger partial charge in [-0.05, 0) is 11.8 Å². The van der Waals surface area contributed by atoms with Crippen molar-refractivity contribution in [1.29, 1.82) is 0 Å². The highest BCUT2D eigenvalue weighted by Crippen LogP contribution is 2.38. The Morgan fingerprint density at radius 3 is 2.33 bits per heavy atom. The molecule has 15 heavy (non-hydrogen) atoms. The van der Waals surface area contributed by atoms with Crippen LogP contribution in [0.5, 0.6) is 0 Å². The van der Waals surface area contributed by atoms with Crippen LogP contribution in [0.4, 0.5) is 0 Å². The van der Waals surface area contributed by atoms with E-state index in [1.807, 2.05) is 0 Å². The zero-order valence-corrected chi connectivity index (χ0v) is 9.15. The monoisotopic (exact) mass is 212 g/mol. The van der Waals surface area contributed by atoms with E-state index in [0.717, 1.165) is 13.2 Å². The normalized spacial score (nSPS) is 25.9. The van der Waals surface area contributed by atoms with Gasteiger partial charge in [0.2, 0.25) is 0 Å². The summed E-state index contributed by atoms with van der Waals surface area (Å²) in [6, 6.07) is 0. The molecule has 1 N–H and O–H groups in total. The molecular weight excluding hydrogens is 192 g/mol. The summed E-state index contributed by atoms with van der Waals surface area (Å²) >= 11 is 0. The van der Waals surface area contributed by atoms with E-state index in [2.05, 4.69) is 0 Å². The second kappa shape index (κ2) is 4.97. The molecule has 1 aliphatic heterocycles. The van der Waals surface area contributed by atoms with Gasteiger partial charge in [-0.3, -0.25) is 4.79 Å². The predicted molar refractivity (Wildman–Crippen MR) is 56.6 cm³/mol. The molecule has 0 bridgehead atoms. The third kappa shape index (κ3) is 2.71. The maximum absolute atomic E-state index is 10.9. The number of ether oxygens (including phenoxy) is 1. The molecule has 2 aliphatic rings.